The lowest BCUT2D eigenvalue weighted by atomic mass is 9.97. The number of halogens is 1. The highest BCUT2D eigenvalue weighted by molar-refractivity contribution is 5.26. The molecule has 1 aromatic rings. The predicted octanol–water partition coefficient (Wildman–Crippen LogP) is 2.17. The summed E-state index contributed by atoms with van der Waals surface area (Å²) in [4.78, 5) is 0. The molecule has 1 heterocycles. The van der Waals surface area contributed by atoms with Gasteiger partial charge in [-0.15, -0.1) is 0 Å². The highest BCUT2D eigenvalue weighted by Crippen LogP contribution is 2.23. The topological polar surface area (TPSA) is 12.0 Å². The Labute approximate surface area is 71.6 Å². The van der Waals surface area contributed by atoms with E-state index < -0.39 is 0 Å². The molecule has 0 saturated carbocycles. The van der Waals surface area contributed by atoms with Crippen molar-refractivity contribution >= 4 is 0 Å². The summed E-state index contributed by atoms with van der Waals surface area (Å²) in [5, 5.41) is 3.24. The van der Waals surface area contributed by atoms with E-state index in [0.29, 0.717) is 6.04 Å². The molecule has 1 unspecified atom stereocenters. The number of rotatable bonds is 1. The monoisotopic (exact) mass is 165 g/mol. The third kappa shape index (κ3) is 1.23. The zero-order valence-electron chi connectivity index (χ0n) is 7.10. The van der Waals surface area contributed by atoms with Crippen molar-refractivity contribution < 1.29 is 4.39 Å². The van der Waals surface area contributed by atoms with Crippen LogP contribution >= 0.6 is 0 Å². The maximum absolute atomic E-state index is 13.1. The molecule has 0 spiro atoms. The van der Waals surface area contributed by atoms with Crippen LogP contribution in [0.5, 0.6) is 0 Å². The largest absolute Gasteiger partial charge is 0.310 e. The number of hydrogen-bond acceptors (Lipinski definition) is 1. The molecule has 1 atom stereocenters. The van der Waals surface area contributed by atoms with Gasteiger partial charge >= 0.3 is 0 Å². The Bertz CT molecular complexity index is 292. The maximum atomic E-state index is 13.1. The number of hydrogen-bond donors (Lipinski definition) is 1. The Kier molecular flexibility index (Phi) is 1.85. The van der Waals surface area contributed by atoms with E-state index >= 15 is 0 Å². The van der Waals surface area contributed by atoms with Gasteiger partial charge in [-0.05, 0) is 37.1 Å². The normalized spacial score (nSPS) is 22.0. The Balaban J connectivity index is 2.27. The Morgan fingerprint density at radius 2 is 2.25 bits per heavy atom. The van der Waals surface area contributed by atoms with Crippen molar-refractivity contribution in [3.63, 3.8) is 0 Å². The zero-order valence-corrected chi connectivity index (χ0v) is 7.10. The van der Waals surface area contributed by atoms with Gasteiger partial charge in [0.15, 0.2) is 0 Å². The highest BCUT2D eigenvalue weighted by atomic mass is 19.1. The molecule has 64 valence electrons. The Hall–Kier alpha value is -0.890. The van der Waals surface area contributed by atoms with Gasteiger partial charge in [-0.1, -0.05) is 12.1 Å². The molecular formula is C10H12FN. The molecule has 12 heavy (non-hydrogen) atoms. The molecule has 0 aliphatic carbocycles. The molecular weight excluding hydrogens is 153 g/mol. The van der Waals surface area contributed by atoms with E-state index in [4.69, 9.17) is 0 Å². The summed E-state index contributed by atoms with van der Waals surface area (Å²) in [5.74, 6) is -0.0961. The molecule has 1 aromatic carbocycles. The lowest BCUT2D eigenvalue weighted by Gasteiger charge is -2.28. The minimum atomic E-state index is -0.0961. The third-order valence-electron chi connectivity index (χ3n) is 2.42. The minimum Gasteiger partial charge on any atom is -0.310 e. The van der Waals surface area contributed by atoms with E-state index in [1.807, 2.05) is 12.1 Å². The molecule has 1 aliphatic heterocycles. The van der Waals surface area contributed by atoms with Gasteiger partial charge < -0.3 is 5.32 Å². The maximum Gasteiger partial charge on any atom is 0.126 e. The second kappa shape index (κ2) is 2.87. The fraction of sp³-hybridized carbons (Fsp3) is 0.400. The standard InChI is InChI=1S/C10H12FN/c1-7-2-3-8(6-9(7)11)10-4-5-12-10/h2-3,6,10,12H,4-5H2,1H3. The lowest BCUT2D eigenvalue weighted by Crippen LogP contribution is -2.34. The van der Waals surface area contributed by atoms with E-state index in [-0.39, 0.29) is 5.82 Å². The minimum absolute atomic E-state index is 0.0961. The molecule has 0 aromatic heterocycles. The van der Waals surface area contributed by atoms with Crippen molar-refractivity contribution in [2.45, 2.75) is 19.4 Å². The van der Waals surface area contributed by atoms with Gasteiger partial charge in [0, 0.05) is 6.04 Å². The molecule has 1 N–H and O–H groups in total. The van der Waals surface area contributed by atoms with Crippen LogP contribution in [0, 0.1) is 12.7 Å². The van der Waals surface area contributed by atoms with E-state index in [1.54, 1.807) is 13.0 Å². The first-order valence-electron chi connectivity index (χ1n) is 4.27. The number of nitrogens with one attached hydrogen (secondary N) is 1. The zero-order chi connectivity index (χ0) is 8.55. The average molecular weight is 165 g/mol. The summed E-state index contributed by atoms with van der Waals surface area (Å²) >= 11 is 0. The fourth-order valence-corrected chi connectivity index (χ4v) is 1.40. The number of aryl methyl sites for hydroxylation is 1. The van der Waals surface area contributed by atoms with Gasteiger partial charge in [0.05, 0.1) is 0 Å². The Morgan fingerprint density at radius 1 is 1.50 bits per heavy atom. The fourth-order valence-electron chi connectivity index (χ4n) is 1.40. The molecule has 1 nitrogen and oxygen atoms in total. The third-order valence-corrected chi connectivity index (χ3v) is 2.42. The first kappa shape index (κ1) is 7.74. The van der Waals surface area contributed by atoms with Gasteiger partial charge in [0.1, 0.15) is 5.82 Å². The summed E-state index contributed by atoms with van der Waals surface area (Å²) < 4.78 is 13.1. The van der Waals surface area contributed by atoms with E-state index in [1.165, 1.54) is 0 Å². The van der Waals surface area contributed by atoms with Crippen molar-refractivity contribution in [3.8, 4) is 0 Å². The van der Waals surface area contributed by atoms with Gasteiger partial charge in [0.2, 0.25) is 0 Å². The SMILES string of the molecule is Cc1ccc(C2CCN2)cc1F. The second-order valence-electron chi connectivity index (χ2n) is 3.30. The summed E-state index contributed by atoms with van der Waals surface area (Å²) in [6.45, 7) is 2.84. The van der Waals surface area contributed by atoms with Crippen LogP contribution < -0.4 is 5.32 Å². The average Bonchev–Trinajstić information content (AvgIpc) is 1.93. The van der Waals surface area contributed by atoms with Crippen molar-refractivity contribution in [3.05, 3.63) is 35.1 Å². The lowest BCUT2D eigenvalue weighted by molar-refractivity contribution is 0.381. The van der Waals surface area contributed by atoms with Crippen molar-refractivity contribution in [1.82, 2.24) is 5.32 Å². The molecule has 0 radical (unpaired) electrons. The smallest absolute Gasteiger partial charge is 0.126 e. The van der Waals surface area contributed by atoms with Gasteiger partial charge in [-0.25, -0.2) is 4.39 Å². The van der Waals surface area contributed by atoms with Crippen LogP contribution in [0.3, 0.4) is 0 Å². The van der Waals surface area contributed by atoms with Crippen LogP contribution in [0.15, 0.2) is 18.2 Å². The second-order valence-corrected chi connectivity index (χ2v) is 3.30. The van der Waals surface area contributed by atoms with Crippen molar-refractivity contribution in [2.75, 3.05) is 6.54 Å². The van der Waals surface area contributed by atoms with Crippen LogP contribution in [0.25, 0.3) is 0 Å². The summed E-state index contributed by atoms with van der Waals surface area (Å²) in [6, 6.07) is 5.85. The molecule has 0 bridgehead atoms. The van der Waals surface area contributed by atoms with Crippen LogP contribution in [0.4, 0.5) is 4.39 Å². The summed E-state index contributed by atoms with van der Waals surface area (Å²) in [7, 11) is 0. The van der Waals surface area contributed by atoms with Crippen LogP contribution in [-0.2, 0) is 0 Å². The van der Waals surface area contributed by atoms with Crippen molar-refractivity contribution in [2.24, 2.45) is 0 Å². The molecule has 2 rings (SSSR count). The highest BCUT2D eigenvalue weighted by Gasteiger charge is 2.18. The molecule has 1 fully saturated rings. The van der Waals surface area contributed by atoms with Crippen LogP contribution in [0.2, 0.25) is 0 Å². The van der Waals surface area contributed by atoms with Gasteiger partial charge in [0.25, 0.3) is 0 Å². The van der Waals surface area contributed by atoms with Crippen molar-refractivity contribution in [1.29, 1.82) is 0 Å². The van der Waals surface area contributed by atoms with Gasteiger partial charge in [-0.2, -0.15) is 0 Å². The first-order valence-corrected chi connectivity index (χ1v) is 4.27. The van der Waals surface area contributed by atoms with Crippen LogP contribution in [-0.4, -0.2) is 6.54 Å². The predicted molar refractivity (Wildman–Crippen MR) is 46.5 cm³/mol. The molecule has 2 heteroatoms. The molecule has 1 saturated heterocycles. The molecule has 0 amide bonds. The first-order chi connectivity index (χ1) is 5.77. The van der Waals surface area contributed by atoms with E-state index in [0.717, 1.165) is 24.1 Å². The summed E-state index contributed by atoms with van der Waals surface area (Å²) in [5.41, 5.74) is 1.79. The summed E-state index contributed by atoms with van der Waals surface area (Å²) in [6.07, 6.45) is 1.13. The quantitative estimate of drug-likeness (QED) is 0.672. The number of benzene rings is 1. The van der Waals surface area contributed by atoms with E-state index in [9.17, 15) is 4.39 Å². The Morgan fingerprint density at radius 3 is 2.75 bits per heavy atom. The molecule has 1 aliphatic rings. The van der Waals surface area contributed by atoms with Gasteiger partial charge in [-0.3, -0.25) is 0 Å². The van der Waals surface area contributed by atoms with E-state index in [2.05, 4.69) is 5.32 Å². The van der Waals surface area contributed by atoms with Crippen LogP contribution in [0.1, 0.15) is 23.6 Å².